The van der Waals surface area contributed by atoms with Gasteiger partial charge in [-0.25, -0.2) is 13.1 Å². The van der Waals surface area contributed by atoms with Gasteiger partial charge >= 0.3 is 0 Å². The van der Waals surface area contributed by atoms with E-state index in [0.717, 1.165) is 16.7 Å². The number of rotatable bonds is 6. The van der Waals surface area contributed by atoms with Crippen LogP contribution in [-0.4, -0.2) is 37.7 Å². The molecule has 2 atom stereocenters. The van der Waals surface area contributed by atoms with Gasteiger partial charge in [-0.05, 0) is 45.1 Å². The largest absolute Gasteiger partial charge is 0.395 e. The number of aliphatic hydroxyl groups excluding tert-OH is 1. The zero-order chi connectivity index (χ0) is 15.5. The molecule has 1 rings (SSSR count). The second-order valence-corrected chi connectivity index (χ2v) is 7.82. The summed E-state index contributed by atoms with van der Waals surface area (Å²) in [6, 6.07) is 3.40. The van der Waals surface area contributed by atoms with Gasteiger partial charge in [0.05, 0.1) is 11.5 Å². The lowest BCUT2D eigenvalue weighted by Gasteiger charge is -2.22. The smallest absolute Gasteiger partial charge is 0.241 e. The summed E-state index contributed by atoms with van der Waals surface area (Å²) < 4.78 is 27.7. The SMILES string of the molecule is CSC(CO)C(C)NS(=O)(=O)c1c(C)cc(C)cc1C. The van der Waals surface area contributed by atoms with E-state index < -0.39 is 10.0 Å². The Labute approximate surface area is 126 Å². The van der Waals surface area contributed by atoms with Crippen LogP contribution in [0.3, 0.4) is 0 Å². The van der Waals surface area contributed by atoms with Gasteiger partial charge in [-0.1, -0.05) is 17.7 Å². The molecule has 0 saturated heterocycles. The fourth-order valence-electron chi connectivity index (χ4n) is 2.41. The number of sulfonamides is 1. The first-order valence-corrected chi connectivity index (χ1v) is 9.24. The van der Waals surface area contributed by atoms with E-state index >= 15 is 0 Å². The van der Waals surface area contributed by atoms with E-state index in [1.165, 1.54) is 11.8 Å². The highest BCUT2D eigenvalue weighted by Crippen LogP contribution is 2.22. The van der Waals surface area contributed by atoms with Gasteiger partial charge in [-0.2, -0.15) is 11.8 Å². The van der Waals surface area contributed by atoms with Crippen LogP contribution in [0, 0.1) is 20.8 Å². The molecule has 114 valence electrons. The predicted octanol–water partition coefficient (Wildman–Crippen LogP) is 2.00. The second-order valence-electron chi connectivity index (χ2n) is 5.09. The first kappa shape index (κ1) is 17.5. The Hall–Kier alpha value is -0.560. The van der Waals surface area contributed by atoms with Crippen molar-refractivity contribution in [1.82, 2.24) is 4.72 Å². The van der Waals surface area contributed by atoms with Crippen molar-refractivity contribution in [2.45, 2.75) is 43.9 Å². The molecule has 0 fully saturated rings. The summed E-state index contributed by atoms with van der Waals surface area (Å²) in [5.41, 5.74) is 2.53. The number of aliphatic hydroxyl groups is 1. The number of hydrogen-bond acceptors (Lipinski definition) is 4. The van der Waals surface area contributed by atoms with Crippen molar-refractivity contribution in [2.75, 3.05) is 12.9 Å². The fraction of sp³-hybridized carbons (Fsp3) is 0.571. The Balaban J connectivity index is 3.12. The third-order valence-corrected chi connectivity index (χ3v) is 6.28. The van der Waals surface area contributed by atoms with Gasteiger partial charge < -0.3 is 5.11 Å². The maximum Gasteiger partial charge on any atom is 0.241 e. The molecular weight excluding hydrogens is 294 g/mol. The van der Waals surface area contributed by atoms with Crippen molar-refractivity contribution in [2.24, 2.45) is 0 Å². The molecule has 0 aliphatic rings. The van der Waals surface area contributed by atoms with Crippen LogP contribution < -0.4 is 4.72 Å². The van der Waals surface area contributed by atoms with Crippen LogP contribution in [0.1, 0.15) is 23.6 Å². The Morgan fingerprint density at radius 2 is 1.75 bits per heavy atom. The Morgan fingerprint density at radius 1 is 1.25 bits per heavy atom. The normalized spacial score (nSPS) is 15.1. The topological polar surface area (TPSA) is 66.4 Å². The summed E-state index contributed by atoms with van der Waals surface area (Å²) in [5.74, 6) is 0. The van der Waals surface area contributed by atoms with Gasteiger partial charge in [0.1, 0.15) is 0 Å². The van der Waals surface area contributed by atoms with Crippen LogP contribution in [-0.2, 0) is 10.0 Å². The molecule has 2 unspecified atom stereocenters. The van der Waals surface area contributed by atoms with E-state index in [0.29, 0.717) is 4.90 Å². The van der Waals surface area contributed by atoms with Crippen molar-refractivity contribution in [3.63, 3.8) is 0 Å². The van der Waals surface area contributed by atoms with Gasteiger partial charge in [0.25, 0.3) is 0 Å². The molecule has 6 heteroatoms. The van der Waals surface area contributed by atoms with Crippen LogP contribution in [0.4, 0.5) is 0 Å². The molecule has 0 spiro atoms. The summed E-state index contributed by atoms with van der Waals surface area (Å²) >= 11 is 1.45. The monoisotopic (exact) mass is 317 g/mol. The standard InChI is InChI=1S/C14H23NO3S2/c1-9-6-10(2)14(11(3)7-9)20(17,18)15-12(4)13(8-16)19-5/h6-7,12-13,15-16H,8H2,1-5H3. The lowest BCUT2D eigenvalue weighted by molar-refractivity contribution is 0.282. The Kier molecular flexibility index (Phi) is 6.06. The third kappa shape index (κ3) is 3.97. The van der Waals surface area contributed by atoms with E-state index in [2.05, 4.69) is 4.72 Å². The van der Waals surface area contributed by atoms with Crippen molar-refractivity contribution in [3.8, 4) is 0 Å². The first-order chi connectivity index (χ1) is 9.22. The van der Waals surface area contributed by atoms with E-state index in [1.54, 1.807) is 20.8 Å². The molecule has 0 saturated carbocycles. The highest BCUT2D eigenvalue weighted by molar-refractivity contribution is 7.99. The summed E-state index contributed by atoms with van der Waals surface area (Å²) in [6.07, 6.45) is 1.86. The van der Waals surface area contributed by atoms with Gasteiger partial charge in [-0.3, -0.25) is 0 Å². The summed E-state index contributed by atoms with van der Waals surface area (Å²) in [4.78, 5) is 0.341. The molecule has 0 aromatic heterocycles. The molecule has 0 aliphatic heterocycles. The second kappa shape index (κ2) is 6.93. The quantitative estimate of drug-likeness (QED) is 0.842. The first-order valence-electron chi connectivity index (χ1n) is 6.46. The number of thioether (sulfide) groups is 1. The van der Waals surface area contributed by atoms with Crippen molar-refractivity contribution < 1.29 is 13.5 Å². The summed E-state index contributed by atoms with van der Waals surface area (Å²) in [6.45, 7) is 7.27. The Bertz CT molecular complexity index is 543. The molecule has 0 aliphatic carbocycles. The van der Waals surface area contributed by atoms with E-state index in [9.17, 15) is 13.5 Å². The third-order valence-electron chi connectivity index (χ3n) is 3.25. The van der Waals surface area contributed by atoms with Crippen LogP contribution in [0.2, 0.25) is 0 Å². The molecule has 0 heterocycles. The molecule has 0 radical (unpaired) electrons. The van der Waals surface area contributed by atoms with Crippen molar-refractivity contribution >= 4 is 21.8 Å². The van der Waals surface area contributed by atoms with E-state index in [1.807, 2.05) is 25.3 Å². The predicted molar refractivity (Wildman–Crippen MR) is 84.8 cm³/mol. The van der Waals surface area contributed by atoms with Gasteiger partial charge in [0.15, 0.2) is 0 Å². The molecule has 1 aromatic rings. The van der Waals surface area contributed by atoms with Crippen LogP contribution in [0.25, 0.3) is 0 Å². The van der Waals surface area contributed by atoms with E-state index in [-0.39, 0.29) is 17.9 Å². The number of hydrogen-bond donors (Lipinski definition) is 2. The van der Waals surface area contributed by atoms with Gasteiger partial charge in [-0.15, -0.1) is 0 Å². The molecule has 0 bridgehead atoms. The lowest BCUT2D eigenvalue weighted by atomic mass is 10.1. The average molecular weight is 317 g/mol. The van der Waals surface area contributed by atoms with Crippen LogP contribution in [0.15, 0.2) is 17.0 Å². The Morgan fingerprint density at radius 3 is 2.15 bits per heavy atom. The van der Waals surface area contributed by atoms with Crippen molar-refractivity contribution in [1.29, 1.82) is 0 Å². The highest BCUT2D eigenvalue weighted by atomic mass is 32.2. The zero-order valence-corrected chi connectivity index (χ0v) is 14.2. The van der Waals surface area contributed by atoms with Crippen LogP contribution >= 0.6 is 11.8 Å². The van der Waals surface area contributed by atoms with Crippen LogP contribution in [0.5, 0.6) is 0 Å². The maximum absolute atomic E-state index is 12.5. The molecule has 1 aromatic carbocycles. The van der Waals surface area contributed by atoms with E-state index in [4.69, 9.17) is 0 Å². The highest BCUT2D eigenvalue weighted by Gasteiger charge is 2.25. The molecule has 0 amide bonds. The molecule has 2 N–H and O–H groups in total. The minimum atomic E-state index is -3.58. The molecule has 4 nitrogen and oxygen atoms in total. The average Bonchev–Trinajstić information content (AvgIpc) is 2.27. The number of aryl methyl sites for hydroxylation is 3. The minimum Gasteiger partial charge on any atom is -0.395 e. The number of nitrogens with one attached hydrogen (secondary N) is 1. The minimum absolute atomic E-state index is 0.0588. The lowest BCUT2D eigenvalue weighted by Crippen LogP contribution is -2.41. The fourth-order valence-corrected chi connectivity index (χ4v) is 4.86. The van der Waals surface area contributed by atoms with Gasteiger partial charge in [0, 0.05) is 11.3 Å². The zero-order valence-electron chi connectivity index (χ0n) is 12.6. The molecular formula is C14H23NO3S2. The van der Waals surface area contributed by atoms with Gasteiger partial charge in [0.2, 0.25) is 10.0 Å². The summed E-state index contributed by atoms with van der Waals surface area (Å²) in [7, 11) is -3.58. The molecule has 20 heavy (non-hydrogen) atoms. The maximum atomic E-state index is 12.5. The number of benzene rings is 1. The summed E-state index contributed by atoms with van der Waals surface area (Å²) in [5, 5.41) is 9.10. The van der Waals surface area contributed by atoms with Crippen molar-refractivity contribution in [3.05, 3.63) is 28.8 Å².